The first-order chi connectivity index (χ1) is 6.60. The Hall–Kier alpha value is -0.570. The molecule has 84 valence electrons. The molecule has 1 atom stereocenters. The summed E-state index contributed by atoms with van der Waals surface area (Å²) in [7, 11) is 3.54. The monoisotopic (exact) mass is 201 g/mol. The maximum absolute atomic E-state index is 10.8. The highest BCUT2D eigenvalue weighted by Crippen LogP contribution is 2.03. The van der Waals surface area contributed by atoms with Crippen LogP contribution in [0.5, 0.6) is 0 Å². The number of methoxy groups -OCH3 is 1. The van der Waals surface area contributed by atoms with Crippen LogP contribution in [0, 0.1) is 5.92 Å². The highest BCUT2D eigenvalue weighted by Gasteiger charge is 2.05. The minimum absolute atomic E-state index is 0.109. The van der Waals surface area contributed by atoms with Gasteiger partial charge in [-0.2, -0.15) is 0 Å². The van der Waals surface area contributed by atoms with Crippen LogP contribution in [0.15, 0.2) is 0 Å². The molecule has 0 aromatic heterocycles. The van der Waals surface area contributed by atoms with Crippen molar-refractivity contribution in [1.29, 1.82) is 0 Å². The molecule has 0 aliphatic rings. The SMILES string of the molecule is CCC(C)CN(C)CCCC(=O)OC. The molecule has 3 heteroatoms. The molecule has 0 fully saturated rings. The number of esters is 1. The van der Waals surface area contributed by atoms with E-state index in [0.29, 0.717) is 6.42 Å². The molecule has 1 unspecified atom stereocenters. The lowest BCUT2D eigenvalue weighted by Gasteiger charge is -2.19. The fourth-order valence-corrected chi connectivity index (χ4v) is 1.35. The van der Waals surface area contributed by atoms with Crippen molar-refractivity contribution in [3.05, 3.63) is 0 Å². The van der Waals surface area contributed by atoms with Gasteiger partial charge in [-0.05, 0) is 25.9 Å². The van der Waals surface area contributed by atoms with Gasteiger partial charge in [0, 0.05) is 13.0 Å². The van der Waals surface area contributed by atoms with Crippen molar-refractivity contribution >= 4 is 5.97 Å². The molecule has 0 heterocycles. The van der Waals surface area contributed by atoms with E-state index in [1.807, 2.05) is 0 Å². The number of hydrogen-bond acceptors (Lipinski definition) is 3. The fraction of sp³-hybridized carbons (Fsp3) is 0.909. The molecule has 0 aromatic carbocycles. The predicted octanol–water partition coefficient (Wildman–Crippen LogP) is 1.92. The summed E-state index contributed by atoms with van der Waals surface area (Å²) < 4.78 is 4.58. The van der Waals surface area contributed by atoms with Crippen LogP contribution in [0.25, 0.3) is 0 Å². The van der Waals surface area contributed by atoms with Gasteiger partial charge in [0.05, 0.1) is 7.11 Å². The molecule has 0 rings (SSSR count). The average Bonchev–Trinajstić information content (AvgIpc) is 2.17. The van der Waals surface area contributed by atoms with Gasteiger partial charge in [-0.25, -0.2) is 0 Å². The second-order valence-electron chi connectivity index (χ2n) is 3.96. The minimum Gasteiger partial charge on any atom is -0.469 e. The third kappa shape index (κ3) is 6.89. The summed E-state index contributed by atoms with van der Waals surface area (Å²) in [5.41, 5.74) is 0. The Morgan fingerprint density at radius 1 is 1.50 bits per heavy atom. The van der Waals surface area contributed by atoms with Crippen LogP contribution in [-0.4, -0.2) is 38.1 Å². The maximum atomic E-state index is 10.8. The number of ether oxygens (including phenoxy) is 1. The molecule has 0 aliphatic carbocycles. The third-order valence-electron chi connectivity index (χ3n) is 2.47. The van der Waals surface area contributed by atoms with Crippen LogP contribution in [0.3, 0.4) is 0 Å². The van der Waals surface area contributed by atoms with E-state index < -0.39 is 0 Å². The zero-order valence-electron chi connectivity index (χ0n) is 9.88. The number of carbonyl (C=O) groups excluding carboxylic acids is 1. The van der Waals surface area contributed by atoms with Crippen LogP contribution in [0.1, 0.15) is 33.1 Å². The Morgan fingerprint density at radius 2 is 2.14 bits per heavy atom. The first-order valence-electron chi connectivity index (χ1n) is 5.35. The van der Waals surface area contributed by atoms with Gasteiger partial charge in [0.15, 0.2) is 0 Å². The van der Waals surface area contributed by atoms with Crippen LogP contribution in [0.2, 0.25) is 0 Å². The lowest BCUT2D eigenvalue weighted by Crippen LogP contribution is -2.25. The topological polar surface area (TPSA) is 29.5 Å². The Kier molecular flexibility index (Phi) is 7.48. The van der Waals surface area contributed by atoms with Gasteiger partial charge in [-0.15, -0.1) is 0 Å². The summed E-state index contributed by atoms with van der Waals surface area (Å²) in [6, 6.07) is 0. The zero-order valence-corrected chi connectivity index (χ0v) is 9.88. The molecule has 0 amide bonds. The molecule has 0 N–H and O–H groups in total. The Labute approximate surface area is 87.4 Å². The van der Waals surface area contributed by atoms with Crippen molar-refractivity contribution in [3.8, 4) is 0 Å². The number of carbonyl (C=O) groups is 1. The van der Waals surface area contributed by atoms with E-state index in [2.05, 4.69) is 30.5 Å². The standard InChI is InChI=1S/C11H23NO2/c1-5-10(2)9-12(3)8-6-7-11(13)14-4/h10H,5-9H2,1-4H3. The predicted molar refractivity (Wildman–Crippen MR) is 58.2 cm³/mol. The van der Waals surface area contributed by atoms with Crippen molar-refractivity contribution in [2.24, 2.45) is 5.92 Å². The molecule has 0 saturated carbocycles. The maximum Gasteiger partial charge on any atom is 0.305 e. The van der Waals surface area contributed by atoms with Crippen LogP contribution < -0.4 is 0 Å². The molecule has 0 spiro atoms. The van der Waals surface area contributed by atoms with Crippen molar-refractivity contribution in [3.63, 3.8) is 0 Å². The van der Waals surface area contributed by atoms with Crippen molar-refractivity contribution in [2.45, 2.75) is 33.1 Å². The van der Waals surface area contributed by atoms with Crippen molar-refractivity contribution in [1.82, 2.24) is 4.90 Å². The number of nitrogens with zero attached hydrogens (tertiary/aromatic N) is 1. The van der Waals surface area contributed by atoms with Gasteiger partial charge in [-0.3, -0.25) is 4.79 Å². The first kappa shape index (κ1) is 13.4. The van der Waals surface area contributed by atoms with E-state index in [1.165, 1.54) is 13.5 Å². The van der Waals surface area contributed by atoms with E-state index in [-0.39, 0.29) is 5.97 Å². The summed E-state index contributed by atoms with van der Waals surface area (Å²) in [6.07, 6.45) is 2.63. The molecule has 0 aliphatic heterocycles. The molecule has 0 radical (unpaired) electrons. The quantitative estimate of drug-likeness (QED) is 0.589. The molecule has 3 nitrogen and oxygen atoms in total. The summed E-state index contributed by atoms with van der Waals surface area (Å²) in [6.45, 7) is 6.53. The largest absolute Gasteiger partial charge is 0.469 e. The fourth-order valence-electron chi connectivity index (χ4n) is 1.35. The third-order valence-corrected chi connectivity index (χ3v) is 2.47. The van der Waals surface area contributed by atoms with Gasteiger partial charge in [0.2, 0.25) is 0 Å². The van der Waals surface area contributed by atoms with E-state index in [1.54, 1.807) is 0 Å². The Balaban J connectivity index is 3.44. The summed E-state index contributed by atoms with van der Waals surface area (Å²) in [4.78, 5) is 13.1. The van der Waals surface area contributed by atoms with Gasteiger partial charge in [0.25, 0.3) is 0 Å². The van der Waals surface area contributed by atoms with E-state index in [0.717, 1.165) is 25.4 Å². The highest BCUT2D eigenvalue weighted by molar-refractivity contribution is 5.69. The van der Waals surface area contributed by atoms with E-state index in [9.17, 15) is 4.79 Å². The minimum atomic E-state index is -0.109. The van der Waals surface area contributed by atoms with E-state index in [4.69, 9.17) is 0 Å². The molecule has 0 aromatic rings. The molecule has 0 saturated heterocycles. The lowest BCUT2D eigenvalue weighted by molar-refractivity contribution is -0.140. The smallest absolute Gasteiger partial charge is 0.305 e. The first-order valence-corrected chi connectivity index (χ1v) is 5.35. The van der Waals surface area contributed by atoms with Crippen LogP contribution in [-0.2, 0) is 9.53 Å². The molecular weight excluding hydrogens is 178 g/mol. The van der Waals surface area contributed by atoms with Crippen LogP contribution >= 0.6 is 0 Å². The summed E-state index contributed by atoms with van der Waals surface area (Å²) in [5, 5.41) is 0. The Bertz CT molecular complexity index is 159. The van der Waals surface area contributed by atoms with Crippen LogP contribution in [0.4, 0.5) is 0 Å². The lowest BCUT2D eigenvalue weighted by atomic mass is 10.1. The normalized spacial score (nSPS) is 12.9. The molecule has 0 bridgehead atoms. The number of hydrogen-bond donors (Lipinski definition) is 0. The summed E-state index contributed by atoms with van der Waals surface area (Å²) in [5.74, 6) is 0.625. The second-order valence-corrected chi connectivity index (χ2v) is 3.96. The summed E-state index contributed by atoms with van der Waals surface area (Å²) >= 11 is 0. The van der Waals surface area contributed by atoms with Crippen molar-refractivity contribution in [2.75, 3.05) is 27.2 Å². The average molecular weight is 201 g/mol. The highest BCUT2D eigenvalue weighted by atomic mass is 16.5. The van der Waals surface area contributed by atoms with Gasteiger partial charge in [-0.1, -0.05) is 20.3 Å². The van der Waals surface area contributed by atoms with Gasteiger partial charge >= 0.3 is 5.97 Å². The number of rotatable bonds is 7. The Morgan fingerprint density at radius 3 is 2.64 bits per heavy atom. The van der Waals surface area contributed by atoms with Gasteiger partial charge in [0.1, 0.15) is 0 Å². The van der Waals surface area contributed by atoms with E-state index >= 15 is 0 Å². The second kappa shape index (κ2) is 7.80. The van der Waals surface area contributed by atoms with Gasteiger partial charge < -0.3 is 9.64 Å². The molecule has 14 heavy (non-hydrogen) atoms. The zero-order chi connectivity index (χ0) is 11.0. The molecular formula is C11H23NO2. The van der Waals surface area contributed by atoms with Crippen molar-refractivity contribution < 1.29 is 9.53 Å².